The molecular formula is C11H20N2O3. The van der Waals surface area contributed by atoms with E-state index < -0.39 is 11.5 Å². The number of carboxylic acid groups (broad SMARTS) is 1. The molecule has 5 heteroatoms. The van der Waals surface area contributed by atoms with Gasteiger partial charge in [0.05, 0.1) is 6.54 Å². The summed E-state index contributed by atoms with van der Waals surface area (Å²) in [5.74, 6) is -0.958. The van der Waals surface area contributed by atoms with E-state index in [4.69, 9.17) is 5.11 Å². The second-order valence-electron chi connectivity index (χ2n) is 4.58. The number of rotatable bonds is 6. The highest BCUT2D eigenvalue weighted by atomic mass is 16.4. The van der Waals surface area contributed by atoms with E-state index in [0.717, 1.165) is 12.8 Å². The van der Waals surface area contributed by atoms with Gasteiger partial charge in [-0.2, -0.15) is 0 Å². The molecule has 92 valence electrons. The molecule has 0 saturated heterocycles. The number of aliphatic carboxylic acids is 1. The lowest BCUT2D eigenvalue weighted by atomic mass is 9.99. The number of likely N-dealkylation sites (N-methyl/N-ethyl adjacent to an activating group) is 1. The molecule has 0 spiro atoms. The van der Waals surface area contributed by atoms with Crippen LogP contribution in [0.5, 0.6) is 0 Å². The van der Waals surface area contributed by atoms with Crippen LogP contribution in [-0.4, -0.2) is 47.1 Å². The van der Waals surface area contributed by atoms with Gasteiger partial charge in [0, 0.05) is 13.1 Å². The molecule has 1 saturated carbocycles. The first kappa shape index (κ1) is 13.0. The molecule has 1 atom stereocenters. The summed E-state index contributed by atoms with van der Waals surface area (Å²) in [7, 11) is 1.77. The van der Waals surface area contributed by atoms with Crippen LogP contribution in [0.4, 0.5) is 0 Å². The zero-order chi connectivity index (χ0) is 12.3. The zero-order valence-corrected chi connectivity index (χ0v) is 10.1. The van der Waals surface area contributed by atoms with E-state index in [0.29, 0.717) is 12.5 Å². The van der Waals surface area contributed by atoms with Gasteiger partial charge >= 0.3 is 5.97 Å². The quantitative estimate of drug-likeness (QED) is 0.692. The Bertz CT molecular complexity index is 289. The normalized spacial score (nSPS) is 18.9. The number of hydrogen-bond acceptors (Lipinski definition) is 3. The van der Waals surface area contributed by atoms with Crippen LogP contribution in [0.25, 0.3) is 0 Å². The highest BCUT2D eigenvalue weighted by molar-refractivity contribution is 5.82. The summed E-state index contributed by atoms with van der Waals surface area (Å²) >= 11 is 0. The van der Waals surface area contributed by atoms with Gasteiger partial charge in [0.1, 0.15) is 5.54 Å². The highest BCUT2D eigenvalue weighted by Gasteiger charge is 2.33. The minimum atomic E-state index is -1.01. The molecule has 0 radical (unpaired) electrons. The maximum Gasteiger partial charge on any atom is 0.323 e. The molecule has 1 aliphatic rings. The van der Waals surface area contributed by atoms with Gasteiger partial charge in [-0.05, 0) is 26.2 Å². The maximum absolute atomic E-state index is 11.7. The Morgan fingerprint density at radius 3 is 2.44 bits per heavy atom. The van der Waals surface area contributed by atoms with Crippen molar-refractivity contribution in [3.8, 4) is 0 Å². The van der Waals surface area contributed by atoms with Crippen molar-refractivity contribution < 1.29 is 14.7 Å². The van der Waals surface area contributed by atoms with Crippen molar-refractivity contribution in [2.24, 2.45) is 0 Å². The van der Waals surface area contributed by atoms with Crippen molar-refractivity contribution in [2.45, 2.75) is 44.7 Å². The Hall–Kier alpha value is -1.10. The van der Waals surface area contributed by atoms with Crippen LogP contribution in [0.3, 0.4) is 0 Å². The van der Waals surface area contributed by atoms with E-state index in [2.05, 4.69) is 5.32 Å². The number of carboxylic acids is 1. The van der Waals surface area contributed by atoms with Gasteiger partial charge in [-0.15, -0.1) is 0 Å². The van der Waals surface area contributed by atoms with Gasteiger partial charge in [0.2, 0.25) is 5.91 Å². The van der Waals surface area contributed by atoms with Crippen LogP contribution in [-0.2, 0) is 9.59 Å². The molecule has 1 fully saturated rings. The first-order valence-corrected chi connectivity index (χ1v) is 5.65. The summed E-state index contributed by atoms with van der Waals surface area (Å²) in [6, 6.07) is 0.368. The molecule has 0 aromatic carbocycles. The summed E-state index contributed by atoms with van der Waals surface area (Å²) in [5, 5.41) is 11.8. The van der Waals surface area contributed by atoms with Gasteiger partial charge in [-0.25, -0.2) is 0 Å². The SMILES string of the molecule is CCC(C)(NCC(=O)N(C)C1CC1)C(=O)O. The molecule has 0 aliphatic heterocycles. The van der Waals surface area contributed by atoms with Crippen LogP contribution < -0.4 is 5.32 Å². The van der Waals surface area contributed by atoms with Crippen LogP contribution in [0.15, 0.2) is 0 Å². The Labute approximate surface area is 95.8 Å². The van der Waals surface area contributed by atoms with Crippen molar-refractivity contribution in [3.05, 3.63) is 0 Å². The third-order valence-corrected chi connectivity index (χ3v) is 3.30. The van der Waals surface area contributed by atoms with E-state index in [1.165, 1.54) is 0 Å². The predicted molar refractivity (Wildman–Crippen MR) is 60.1 cm³/mol. The second-order valence-corrected chi connectivity index (χ2v) is 4.58. The molecule has 1 rings (SSSR count). The Morgan fingerprint density at radius 1 is 1.50 bits per heavy atom. The third kappa shape index (κ3) is 2.95. The van der Waals surface area contributed by atoms with Crippen molar-refractivity contribution in [3.63, 3.8) is 0 Å². The number of amides is 1. The summed E-state index contributed by atoms with van der Waals surface area (Å²) in [5.41, 5.74) is -1.01. The Balaban J connectivity index is 2.42. The van der Waals surface area contributed by atoms with Crippen LogP contribution in [0.1, 0.15) is 33.1 Å². The molecule has 5 nitrogen and oxygen atoms in total. The van der Waals surface area contributed by atoms with E-state index in [-0.39, 0.29) is 12.5 Å². The number of carbonyl (C=O) groups is 2. The average molecular weight is 228 g/mol. The van der Waals surface area contributed by atoms with Gasteiger partial charge in [-0.1, -0.05) is 6.92 Å². The topological polar surface area (TPSA) is 69.6 Å². The van der Waals surface area contributed by atoms with Gasteiger partial charge < -0.3 is 10.0 Å². The minimum Gasteiger partial charge on any atom is -0.480 e. The molecule has 0 bridgehead atoms. The van der Waals surface area contributed by atoms with E-state index >= 15 is 0 Å². The fraction of sp³-hybridized carbons (Fsp3) is 0.818. The lowest BCUT2D eigenvalue weighted by Crippen LogP contribution is -2.52. The van der Waals surface area contributed by atoms with E-state index in [1.54, 1.807) is 25.8 Å². The maximum atomic E-state index is 11.7. The van der Waals surface area contributed by atoms with Crippen LogP contribution in [0.2, 0.25) is 0 Å². The summed E-state index contributed by atoms with van der Waals surface area (Å²) in [4.78, 5) is 24.4. The molecule has 0 aromatic heterocycles. The molecule has 0 aromatic rings. The van der Waals surface area contributed by atoms with Gasteiger partial charge in [0.25, 0.3) is 0 Å². The summed E-state index contributed by atoms with van der Waals surface area (Å²) in [6.07, 6.45) is 2.57. The lowest BCUT2D eigenvalue weighted by molar-refractivity contribution is -0.144. The zero-order valence-electron chi connectivity index (χ0n) is 10.1. The van der Waals surface area contributed by atoms with Gasteiger partial charge in [-0.3, -0.25) is 14.9 Å². The fourth-order valence-electron chi connectivity index (χ4n) is 1.41. The van der Waals surface area contributed by atoms with Crippen LogP contribution >= 0.6 is 0 Å². The van der Waals surface area contributed by atoms with Gasteiger partial charge in [0.15, 0.2) is 0 Å². The molecular weight excluding hydrogens is 208 g/mol. The highest BCUT2D eigenvalue weighted by Crippen LogP contribution is 2.25. The van der Waals surface area contributed by atoms with Crippen molar-refractivity contribution in [1.82, 2.24) is 10.2 Å². The minimum absolute atomic E-state index is 0.0385. The molecule has 1 aliphatic carbocycles. The lowest BCUT2D eigenvalue weighted by Gasteiger charge is -2.26. The van der Waals surface area contributed by atoms with Crippen molar-refractivity contribution >= 4 is 11.9 Å². The van der Waals surface area contributed by atoms with Crippen molar-refractivity contribution in [2.75, 3.05) is 13.6 Å². The first-order chi connectivity index (χ1) is 7.40. The number of nitrogens with one attached hydrogen (secondary N) is 1. The summed E-state index contributed by atoms with van der Waals surface area (Å²) in [6.45, 7) is 3.47. The number of nitrogens with zero attached hydrogens (tertiary/aromatic N) is 1. The fourth-order valence-corrected chi connectivity index (χ4v) is 1.41. The van der Waals surface area contributed by atoms with Crippen LogP contribution in [0, 0.1) is 0 Å². The number of hydrogen-bond donors (Lipinski definition) is 2. The smallest absolute Gasteiger partial charge is 0.323 e. The molecule has 1 amide bonds. The third-order valence-electron chi connectivity index (χ3n) is 3.30. The van der Waals surface area contributed by atoms with E-state index in [1.807, 2.05) is 0 Å². The molecule has 0 heterocycles. The largest absolute Gasteiger partial charge is 0.480 e. The molecule has 1 unspecified atom stereocenters. The monoisotopic (exact) mass is 228 g/mol. The average Bonchev–Trinajstić information content (AvgIpc) is 3.07. The van der Waals surface area contributed by atoms with Crippen molar-refractivity contribution in [1.29, 1.82) is 0 Å². The van der Waals surface area contributed by atoms with E-state index in [9.17, 15) is 9.59 Å². The standard InChI is InChI=1S/C11H20N2O3/c1-4-11(2,10(15)16)12-7-9(14)13(3)8-5-6-8/h8,12H,4-7H2,1-3H3,(H,15,16). The Kier molecular flexibility index (Phi) is 3.91. The summed E-state index contributed by atoms with van der Waals surface area (Å²) < 4.78 is 0. The number of carbonyl (C=O) groups excluding carboxylic acids is 1. The first-order valence-electron chi connectivity index (χ1n) is 5.65. The predicted octanol–water partition coefficient (Wildman–Crippen LogP) is 0.450. The molecule has 2 N–H and O–H groups in total. The Morgan fingerprint density at radius 2 is 2.06 bits per heavy atom. The second kappa shape index (κ2) is 4.82. The molecule has 16 heavy (non-hydrogen) atoms.